The second-order valence-corrected chi connectivity index (χ2v) is 24.1. The van der Waals surface area contributed by atoms with Gasteiger partial charge in [-0.05, 0) is 60.7 Å². The van der Waals surface area contributed by atoms with E-state index in [2.05, 4.69) is 0 Å². The third-order valence-corrected chi connectivity index (χ3v) is 17.1. The van der Waals surface area contributed by atoms with Crippen LogP contribution in [0.3, 0.4) is 0 Å². The Labute approximate surface area is 616 Å². The van der Waals surface area contributed by atoms with Crippen LogP contribution in [0.1, 0.15) is 82.9 Å². The minimum atomic E-state index is -3.06. The van der Waals surface area contributed by atoms with Gasteiger partial charge >= 0.3 is 47.8 Å². The van der Waals surface area contributed by atoms with Gasteiger partial charge < -0.3 is 179 Å². The number of hydrogen-bond acceptors (Lipinski definition) is 44. The van der Waals surface area contributed by atoms with Crippen LogP contribution in [0.15, 0.2) is 72.8 Å². The zero-order valence-electron chi connectivity index (χ0n) is 55.0. The van der Waals surface area contributed by atoms with Crippen LogP contribution in [-0.2, 0) is 47.4 Å². The fraction of sp³-hybridized carbons (Fsp3) is 0.176. The van der Waals surface area contributed by atoms with Gasteiger partial charge in [0.05, 0.1) is 40.0 Å². The molecule has 5 aliphatic heterocycles. The molecule has 0 aromatic heterocycles. The van der Waals surface area contributed by atoms with Gasteiger partial charge in [-0.3, -0.25) is 0 Å². The predicted molar refractivity (Wildman–Crippen MR) is 345 cm³/mol. The lowest BCUT2D eigenvalue weighted by Gasteiger charge is -2.43. The molecular formula is C68H50O44. The number of aliphatic hydroxyl groups is 2. The molecule has 10 atom stereocenters. The molecule has 0 spiro atoms. The number of aromatic hydroxyl groups is 22. The predicted octanol–water partition coefficient (Wildman–Crippen LogP) is 2.19. The molecule has 0 aliphatic carbocycles. The number of benzene rings is 8. The van der Waals surface area contributed by atoms with E-state index in [1.165, 1.54) is 0 Å². The van der Waals surface area contributed by atoms with Gasteiger partial charge in [-0.15, -0.1) is 0 Å². The van der Waals surface area contributed by atoms with Crippen molar-refractivity contribution in [2.45, 2.75) is 61.4 Å². The van der Waals surface area contributed by atoms with Crippen LogP contribution in [0, 0.1) is 0 Å². The van der Waals surface area contributed by atoms with E-state index >= 15 is 14.4 Å². The quantitative estimate of drug-likeness (QED) is 0.0667. The summed E-state index contributed by atoms with van der Waals surface area (Å²) in [6.07, 6.45) is -27.1. The summed E-state index contributed by atoms with van der Waals surface area (Å²) in [6.45, 7) is -2.89. The number of phenolic OH excluding ortho intramolecular Hbond substituents is 22. The maximum Gasteiger partial charge on any atom is 0.344 e. The van der Waals surface area contributed by atoms with Gasteiger partial charge in [0.2, 0.25) is 70.8 Å². The monoisotopic (exact) mass is 1570 g/mol. The molecule has 44 heteroatoms. The Kier molecular flexibility index (Phi) is 19.5. The summed E-state index contributed by atoms with van der Waals surface area (Å²) >= 11 is 0. The molecule has 44 nitrogen and oxygen atoms in total. The molecule has 0 radical (unpaired) electrons. The first kappa shape index (κ1) is 76.2. The van der Waals surface area contributed by atoms with Crippen LogP contribution in [0.25, 0.3) is 11.1 Å². The number of cyclic esters (lactones) is 1. The highest BCUT2D eigenvalue weighted by Gasteiger charge is 2.57. The molecule has 2 fully saturated rings. The third kappa shape index (κ3) is 13.5. The molecule has 0 saturated carbocycles. The topological polar surface area (TPSA) is 733 Å². The summed E-state index contributed by atoms with van der Waals surface area (Å²) in [7, 11) is 0. The van der Waals surface area contributed by atoms with Crippen molar-refractivity contribution in [3.8, 4) is 161 Å². The summed E-state index contributed by atoms with van der Waals surface area (Å²) < 4.78 is 67.7. The Balaban J connectivity index is 1.06. The van der Waals surface area contributed by atoms with Crippen LogP contribution < -0.4 is 9.47 Å². The molecule has 112 heavy (non-hydrogen) atoms. The summed E-state index contributed by atoms with van der Waals surface area (Å²) in [5.74, 6) is -53.8. The molecule has 8 aromatic rings. The number of fused-ring (bicyclic) bond motifs is 10. The molecule has 4 bridgehead atoms. The highest BCUT2D eigenvalue weighted by molar-refractivity contribution is 6.09. The number of aliphatic hydroxyl groups excluding tert-OH is 2. The Morgan fingerprint density at radius 2 is 0.714 bits per heavy atom. The number of hydrogen-bond donors (Lipinski definition) is 24. The van der Waals surface area contributed by atoms with Crippen molar-refractivity contribution in [3.05, 3.63) is 117 Å². The zero-order chi connectivity index (χ0) is 81.6. The number of ether oxygens (including phenoxy) is 12. The van der Waals surface area contributed by atoms with E-state index in [-0.39, 0.29) is 24.3 Å². The summed E-state index contributed by atoms with van der Waals surface area (Å²) in [4.78, 5) is 118. The number of esters is 8. The van der Waals surface area contributed by atoms with Crippen LogP contribution in [-0.4, -0.2) is 245 Å². The zero-order valence-corrected chi connectivity index (χ0v) is 55.0. The summed E-state index contributed by atoms with van der Waals surface area (Å²) in [6, 6.07) is 4.00. The van der Waals surface area contributed by atoms with Gasteiger partial charge in [-0.1, -0.05) is 0 Å². The smallest absolute Gasteiger partial charge is 0.344 e. The largest absolute Gasteiger partial charge is 0.504 e. The van der Waals surface area contributed by atoms with Crippen molar-refractivity contribution >= 4 is 47.8 Å². The Morgan fingerprint density at radius 1 is 0.348 bits per heavy atom. The Bertz CT molecular complexity index is 5290. The fourth-order valence-corrected chi connectivity index (χ4v) is 11.6. The minimum Gasteiger partial charge on any atom is -0.504 e. The second-order valence-electron chi connectivity index (χ2n) is 24.1. The molecule has 0 unspecified atom stereocenters. The molecule has 0 amide bonds. The van der Waals surface area contributed by atoms with E-state index in [1.54, 1.807) is 0 Å². The van der Waals surface area contributed by atoms with Crippen molar-refractivity contribution in [1.82, 2.24) is 0 Å². The highest BCUT2D eigenvalue weighted by Crippen LogP contribution is 2.56. The molecule has 13 rings (SSSR count). The van der Waals surface area contributed by atoms with E-state index in [0.717, 1.165) is 0 Å². The molecular weight excluding hydrogens is 1520 g/mol. The molecule has 586 valence electrons. The van der Waals surface area contributed by atoms with Gasteiger partial charge in [0.15, 0.2) is 122 Å². The number of rotatable bonds is 5. The minimum absolute atomic E-state index is 0.189. The van der Waals surface area contributed by atoms with E-state index in [4.69, 9.17) is 56.8 Å². The van der Waals surface area contributed by atoms with Crippen molar-refractivity contribution in [2.24, 2.45) is 0 Å². The Morgan fingerprint density at radius 3 is 1.22 bits per heavy atom. The van der Waals surface area contributed by atoms with Gasteiger partial charge in [0.1, 0.15) is 36.0 Å². The highest BCUT2D eigenvalue weighted by atomic mass is 16.8. The van der Waals surface area contributed by atoms with Crippen molar-refractivity contribution in [3.63, 3.8) is 0 Å². The maximum absolute atomic E-state index is 15.2. The normalized spacial score (nSPS) is 21.2. The number of carbonyl (C=O) groups is 8. The average molecular weight is 1570 g/mol. The van der Waals surface area contributed by atoms with E-state index < -0.39 is 328 Å². The SMILES string of the molecule is O=C1O[C@@H]2O[C@H](CO)[C@@H](O)[C@H](OC(=O)c3cc(O)c(O)c(O)c3)[C@H]2OC(=O)c2cc(O)c(O)c(O)c2Oc2cc(cc(O)c2O)C(=O)O[C@H]2[C@H](OC(=O)c3cc(O)c(O)c(O)c3Oc3c(O)cc1cc3O)O[C@@H]1COC(=O)c3cc(O)c(O)c(O)c3-c3c(cc(O)c(O)c3O)C(=O)O[C@H]1[C@@H]2OC(=O)c1cc(O)c(O)c(O)c1. The standard InChI is InChI=1S/C68H50O44/c69-13-35-46(88)55(107-59(93)15-1-23(70)39(81)24(71)2-15)57-67(103-35)111-62(96)17-6-32(79)53(33(80)7-17)105-52-22(12-31(78)45(87)50(52)92)66(100)112-68-58(109-61(95)18-5-27(74)41(83)34(8-18)102-51-21(65(99)110-57)11-30(77)44(86)49(51)91)56(108-60(94)16-3-25(72)40(82)26(73)4-16)54-36(104-68)14-101-63(97)19-9-28(75)42(84)47(89)37(19)38-20(64(98)106-54)10-29(76)43(85)48(38)90/h1-12,35-36,46,54-58,67-92H,13-14H2/t35-,36-,46-,54-,55+,56+,57-,58-,67+,68+/m1/s1. The van der Waals surface area contributed by atoms with Crippen LogP contribution >= 0.6 is 0 Å². The molecule has 8 aromatic carbocycles. The average Bonchev–Trinajstić information content (AvgIpc) is 1.11. The third-order valence-electron chi connectivity index (χ3n) is 17.1. The molecule has 2 saturated heterocycles. The van der Waals surface area contributed by atoms with Crippen molar-refractivity contribution < 1.29 is 218 Å². The van der Waals surface area contributed by atoms with E-state index in [1.807, 2.05) is 0 Å². The Hall–Kier alpha value is -15.4. The molecule has 5 heterocycles. The fourth-order valence-electron chi connectivity index (χ4n) is 11.6. The van der Waals surface area contributed by atoms with Crippen LogP contribution in [0.5, 0.6) is 149 Å². The molecule has 5 aliphatic rings. The maximum atomic E-state index is 15.2. The number of carbonyl (C=O) groups excluding carboxylic acids is 8. The molecule has 24 N–H and O–H groups in total. The second kappa shape index (κ2) is 28.7. The lowest BCUT2D eigenvalue weighted by Crippen LogP contribution is -2.63. The first-order valence-electron chi connectivity index (χ1n) is 31.1. The first-order valence-corrected chi connectivity index (χ1v) is 31.1. The number of phenols is 22. The van der Waals surface area contributed by atoms with E-state index in [9.17, 15) is 147 Å². The van der Waals surface area contributed by atoms with Crippen molar-refractivity contribution in [1.29, 1.82) is 0 Å². The summed E-state index contributed by atoms with van der Waals surface area (Å²) in [5, 5.41) is 262. The van der Waals surface area contributed by atoms with Crippen LogP contribution in [0.4, 0.5) is 0 Å². The van der Waals surface area contributed by atoms with Gasteiger partial charge in [-0.25, -0.2) is 38.4 Å². The van der Waals surface area contributed by atoms with Crippen LogP contribution in [0.2, 0.25) is 0 Å². The van der Waals surface area contributed by atoms with Gasteiger partial charge in [-0.2, -0.15) is 0 Å². The van der Waals surface area contributed by atoms with Crippen molar-refractivity contribution in [2.75, 3.05) is 13.2 Å². The lowest BCUT2D eigenvalue weighted by molar-refractivity contribution is -0.283. The summed E-state index contributed by atoms with van der Waals surface area (Å²) in [5.41, 5.74) is -12.1. The first-order chi connectivity index (χ1) is 52.8. The van der Waals surface area contributed by atoms with E-state index in [0.29, 0.717) is 48.5 Å². The lowest BCUT2D eigenvalue weighted by atomic mass is 9.92. The van der Waals surface area contributed by atoms with Gasteiger partial charge in [0.25, 0.3) is 0 Å². The van der Waals surface area contributed by atoms with Gasteiger partial charge in [0, 0.05) is 23.3 Å².